The van der Waals surface area contributed by atoms with E-state index in [1.54, 1.807) is 19.1 Å². The Balaban J connectivity index is 2.52. The van der Waals surface area contributed by atoms with E-state index < -0.39 is 0 Å². The van der Waals surface area contributed by atoms with Crippen molar-refractivity contribution < 1.29 is 14.6 Å². The summed E-state index contributed by atoms with van der Waals surface area (Å²) < 4.78 is 5.32. The van der Waals surface area contributed by atoms with Crippen LogP contribution in [-0.2, 0) is 4.74 Å². The minimum Gasteiger partial charge on any atom is -0.508 e. The second-order valence-electron chi connectivity index (χ2n) is 5.02. The van der Waals surface area contributed by atoms with Gasteiger partial charge in [-0.25, -0.2) is 4.79 Å². The van der Waals surface area contributed by atoms with Crippen molar-refractivity contribution in [2.75, 3.05) is 6.61 Å². The minimum atomic E-state index is -0.356. The summed E-state index contributed by atoms with van der Waals surface area (Å²) in [5.74, 6) is 0.209. The van der Waals surface area contributed by atoms with Gasteiger partial charge in [0.2, 0.25) is 0 Å². The van der Waals surface area contributed by atoms with Gasteiger partial charge in [-0.15, -0.1) is 0 Å². The van der Waals surface area contributed by atoms with Crippen LogP contribution in [-0.4, -0.2) is 17.7 Å². The van der Waals surface area contributed by atoms with Gasteiger partial charge in [-0.1, -0.05) is 39.2 Å². The van der Waals surface area contributed by atoms with Crippen LogP contribution in [0.2, 0.25) is 0 Å². The number of hydrogen-bond acceptors (Lipinski definition) is 3. The molecule has 0 saturated heterocycles. The van der Waals surface area contributed by atoms with E-state index in [9.17, 15) is 9.90 Å². The normalized spacial score (nSPS) is 12.2. The number of ether oxygens (including phenoxy) is 1. The molecule has 0 radical (unpaired) electrons. The molecule has 1 unspecified atom stereocenters. The highest BCUT2D eigenvalue weighted by Gasteiger charge is 2.12. The van der Waals surface area contributed by atoms with E-state index in [0.717, 1.165) is 24.8 Å². The van der Waals surface area contributed by atoms with Crippen molar-refractivity contribution in [2.24, 2.45) is 5.92 Å². The number of benzene rings is 1. The number of phenols is 1. The summed E-state index contributed by atoms with van der Waals surface area (Å²) in [7, 11) is 0. The highest BCUT2D eigenvalue weighted by molar-refractivity contribution is 5.90. The first kappa shape index (κ1) is 15.5. The molecule has 3 nitrogen and oxygen atoms in total. The molecular formula is C16H24O3. The smallest absolute Gasteiger partial charge is 0.338 e. The first-order valence-corrected chi connectivity index (χ1v) is 7.05. The van der Waals surface area contributed by atoms with Crippen LogP contribution in [0.15, 0.2) is 18.2 Å². The van der Waals surface area contributed by atoms with Crippen LogP contribution in [0.4, 0.5) is 0 Å². The lowest BCUT2D eigenvalue weighted by atomic mass is 10.0. The van der Waals surface area contributed by atoms with Gasteiger partial charge in [0.15, 0.2) is 0 Å². The van der Waals surface area contributed by atoms with Crippen molar-refractivity contribution in [2.45, 2.75) is 46.5 Å². The molecule has 0 aliphatic carbocycles. The lowest BCUT2D eigenvalue weighted by molar-refractivity contribution is 0.0427. The molecule has 0 fully saturated rings. The fourth-order valence-electron chi connectivity index (χ4n) is 1.91. The lowest BCUT2D eigenvalue weighted by Gasteiger charge is -2.14. The van der Waals surface area contributed by atoms with Gasteiger partial charge in [-0.3, -0.25) is 0 Å². The fourth-order valence-corrected chi connectivity index (χ4v) is 1.91. The number of unbranched alkanes of at least 4 members (excludes halogenated alkanes) is 1. The largest absolute Gasteiger partial charge is 0.508 e. The SMILES string of the molecule is CCCCC(CC)COC(=O)c1ccc(C)c(O)c1. The maximum Gasteiger partial charge on any atom is 0.338 e. The monoisotopic (exact) mass is 264 g/mol. The number of carbonyl (C=O) groups excluding carboxylic acids is 1. The zero-order chi connectivity index (χ0) is 14.3. The molecular weight excluding hydrogens is 240 g/mol. The van der Waals surface area contributed by atoms with Crippen molar-refractivity contribution in [3.05, 3.63) is 29.3 Å². The maximum atomic E-state index is 11.9. The highest BCUT2D eigenvalue weighted by Crippen LogP contribution is 2.19. The molecule has 1 atom stereocenters. The molecule has 1 aromatic carbocycles. The third kappa shape index (κ3) is 4.93. The second-order valence-corrected chi connectivity index (χ2v) is 5.02. The van der Waals surface area contributed by atoms with E-state index in [1.807, 2.05) is 0 Å². The summed E-state index contributed by atoms with van der Waals surface area (Å²) in [6.07, 6.45) is 4.45. The highest BCUT2D eigenvalue weighted by atomic mass is 16.5. The summed E-state index contributed by atoms with van der Waals surface area (Å²) in [6, 6.07) is 4.87. The Morgan fingerprint density at radius 1 is 1.37 bits per heavy atom. The minimum absolute atomic E-state index is 0.132. The Labute approximate surface area is 115 Å². The van der Waals surface area contributed by atoms with Crippen LogP contribution < -0.4 is 0 Å². The molecule has 0 spiro atoms. The van der Waals surface area contributed by atoms with Crippen LogP contribution in [0.5, 0.6) is 5.75 Å². The van der Waals surface area contributed by atoms with Crippen molar-refractivity contribution in [3.63, 3.8) is 0 Å². The van der Waals surface area contributed by atoms with E-state index in [1.165, 1.54) is 12.5 Å². The van der Waals surface area contributed by atoms with Crippen LogP contribution in [0.3, 0.4) is 0 Å². The number of phenolic OH excluding ortho intramolecular Hbond substituents is 1. The van der Waals surface area contributed by atoms with E-state index in [4.69, 9.17) is 4.74 Å². The molecule has 3 heteroatoms. The number of carbonyl (C=O) groups is 1. The second kappa shape index (κ2) is 7.82. The first-order valence-electron chi connectivity index (χ1n) is 7.05. The van der Waals surface area contributed by atoms with Gasteiger partial charge in [-0.2, -0.15) is 0 Å². The van der Waals surface area contributed by atoms with Gasteiger partial charge in [-0.05, 0) is 37.0 Å². The van der Waals surface area contributed by atoms with Gasteiger partial charge in [0, 0.05) is 0 Å². The van der Waals surface area contributed by atoms with Gasteiger partial charge in [0.1, 0.15) is 5.75 Å². The summed E-state index contributed by atoms with van der Waals surface area (Å²) >= 11 is 0. The Bertz CT molecular complexity index is 412. The molecule has 0 aromatic heterocycles. The Morgan fingerprint density at radius 2 is 2.11 bits per heavy atom. The summed E-state index contributed by atoms with van der Waals surface area (Å²) in [4.78, 5) is 11.9. The zero-order valence-electron chi connectivity index (χ0n) is 12.1. The van der Waals surface area contributed by atoms with Crippen molar-refractivity contribution in [3.8, 4) is 5.75 Å². The average molecular weight is 264 g/mol. The van der Waals surface area contributed by atoms with Gasteiger partial charge in [0.25, 0.3) is 0 Å². The van der Waals surface area contributed by atoms with E-state index >= 15 is 0 Å². The molecule has 0 aliphatic heterocycles. The average Bonchev–Trinajstić information content (AvgIpc) is 2.41. The molecule has 1 N–H and O–H groups in total. The molecule has 0 aliphatic rings. The molecule has 0 saturated carbocycles. The van der Waals surface area contributed by atoms with E-state index in [2.05, 4.69) is 13.8 Å². The maximum absolute atomic E-state index is 11.9. The van der Waals surface area contributed by atoms with E-state index in [-0.39, 0.29) is 11.7 Å². The predicted molar refractivity (Wildman–Crippen MR) is 76.4 cm³/mol. The van der Waals surface area contributed by atoms with Crippen molar-refractivity contribution in [1.29, 1.82) is 0 Å². The summed E-state index contributed by atoms with van der Waals surface area (Å²) in [5.41, 5.74) is 1.17. The van der Waals surface area contributed by atoms with Crippen LogP contribution in [0.25, 0.3) is 0 Å². The van der Waals surface area contributed by atoms with Crippen molar-refractivity contribution in [1.82, 2.24) is 0 Å². The third-order valence-corrected chi connectivity index (χ3v) is 3.44. The van der Waals surface area contributed by atoms with Crippen molar-refractivity contribution >= 4 is 5.97 Å². The zero-order valence-corrected chi connectivity index (χ0v) is 12.1. The molecule has 19 heavy (non-hydrogen) atoms. The number of hydrogen-bond donors (Lipinski definition) is 1. The molecule has 1 aromatic rings. The number of rotatable bonds is 7. The number of aryl methyl sites for hydroxylation is 1. The topological polar surface area (TPSA) is 46.5 Å². The summed E-state index contributed by atoms with van der Waals surface area (Å²) in [5, 5.41) is 9.58. The number of esters is 1. The lowest BCUT2D eigenvalue weighted by Crippen LogP contribution is -2.14. The standard InChI is InChI=1S/C16H24O3/c1-4-6-7-13(5-2)11-19-16(18)14-9-8-12(3)15(17)10-14/h8-10,13,17H,4-7,11H2,1-3H3. The molecule has 106 valence electrons. The van der Waals surface area contributed by atoms with Gasteiger partial charge < -0.3 is 9.84 Å². The van der Waals surface area contributed by atoms with Gasteiger partial charge >= 0.3 is 5.97 Å². The predicted octanol–water partition coefficient (Wildman–Crippen LogP) is 4.07. The Morgan fingerprint density at radius 3 is 2.68 bits per heavy atom. The van der Waals surface area contributed by atoms with Crippen LogP contribution in [0, 0.1) is 12.8 Å². The fraction of sp³-hybridized carbons (Fsp3) is 0.562. The molecule has 0 bridgehead atoms. The molecule has 1 rings (SSSR count). The van der Waals surface area contributed by atoms with Gasteiger partial charge in [0.05, 0.1) is 12.2 Å². The van der Waals surface area contributed by atoms with E-state index in [0.29, 0.717) is 18.1 Å². The van der Waals surface area contributed by atoms with Crippen LogP contribution >= 0.6 is 0 Å². The first-order chi connectivity index (χ1) is 9.08. The third-order valence-electron chi connectivity index (χ3n) is 3.44. The number of aromatic hydroxyl groups is 1. The quantitative estimate of drug-likeness (QED) is 0.755. The Kier molecular flexibility index (Phi) is 6.40. The molecule has 0 amide bonds. The Hall–Kier alpha value is -1.51. The molecule has 0 heterocycles. The summed E-state index contributed by atoms with van der Waals surface area (Å²) in [6.45, 7) is 6.53. The van der Waals surface area contributed by atoms with Crippen LogP contribution in [0.1, 0.15) is 55.5 Å².